The fourth-order valence-corrected chi connectivity index (χ4v) is 4.34. The lowest BCUT2D eigenvalue weighted by atomic mass is 10.4. The summed E-state index contributed by atoms with van der Waals surface area (Å²) in [6.45, 7) is 0. The highest BCUT2D eigenvalue weighted by Crippen LogP contribution is 2.17. The van der Waals surface area contributed by atoms with Gasteiger partial charge in [-0.1, -0.05) is 15.4 Å². The quantitative estimate of drug-likeness (QED) is 0.784. The highest BCUT2D eigenvalue weighted by atomic mass is 35.7. The van der Waals surface area contributed by atoms with E-state index in [4.69, 9.17) is 22.3 Å². The molecule has 0 amide bonds. The molecular formula is C7H7Cl2NO3S2. The van der Waals surface area contributed by atoms with Gasteiger partial charge in [-0.05, 0) is 24.3 Å². The normalized spacial score (nSPS) is 15.7. The molecule has 15 heavy (non-hydrogen) atoms. The average molecular weight is 288 g/mol. The van der Waals surface area contributed by atoms with Crippen molar-refractivity contribution < 1.29 is 12.6 Å². The molecular weight excluding hydrogens is 281 g/mol. The first-order chi connectivity index (χ1) is 6.71. The Bertz CT molecular complexity index is 571. The molecule has 0 aliphatic carbocycles. The standard InChI is InChI=1S/C7H7Cl2NO3S2/c1-14(11,10-15(9,12)13)7-4-2-6(8)3-5-7/h2-5H,1H3. The number of halogens is 2. The third-order valence-electron chi connectivity index (χ3n) is 1.48. The lowest BCUT2D eigenvalue weighted by molar-refractivity contribution is 0.611. The fourth-order valence-electron chi connectivity index (χ4n) is 0.900. The van der Waals surface area contributed by atoms with E-state index in [1.165, 1.54) is 30.5 Å². The first-order valence-electron chi connectivity index (χ1n) is 3.64. The van der Waals surface area contributed by atoms with Crippen molar-refractivity contribution in [1.82, 2.24) is 0 Å². The van der Waals surface area contributed by atoms with Gasteiger partial charge in [0.05, 0.1) is 9.73 Å². The number of benzene rings is 1. The molecule has 0 spiro atoms. The van der Waals surface area contributed by atoms with Gasteiger partial charge in [-0.15, -0.1) is 0 Å². The molecule has 4 nitrogen and oxygen atoms in total. The summed E-state index contributed by atoms with van der Waals surface area (Å²) in [4.78, 5) is 0.260. The van der Waals surface area contributed by atoms with Crippen LogP contribution in [0.2, 0.25) is 5.02 Å². The summed E-state index contributed by atoms with van der Waals surface area (Å²) in [6, 6.07) is 5.87. The monoisotopic (exact) mass is 287 g/mol. The summed E-state index contributed by atoms with van der Waals surface area (Å²) >= 11 is 5.63. The summed E-state index contributed by atoms with van der Waals surface area (Å²) < 4.78 is 36.3. The van der Waals surface area contributed by atoms with E-state index in [1.54, 1.807) is 0 Å². The predicted molar refractivity (Wildman–Crippen MR) is 61.0 cm³/mol. The van der Waals surface area contributed by atoms with Crippen molar-refractivity contribution in [1.29, 1.82) is 0 Å². The zero-order chi connectivity index (χ0) is 11.7. The molecule has 1 rings (SSSR count). The van der Waals surface area contributed by atoms with Crippen LogP contribution in [-0.2, 0) is 19.0 Å². The zero-order valence-corrected chi connectivity index (χ0v) is 10.7. The van der Waals surface area contributed by atoms with Crippen LogP contribution in [-0.4, -0.2) is 18.9 Å². The van der Waals surface area contributed by atoms with Crippen molar-refractivity contribution in [3.8, 4) is 0 Å². The molecule has 0 aliphatic heterocycles. The smallest absolute Gasteiger partial charge is 0.244 e. The maximum absolute atomic E-state index is 11.8. The minimum atomic E-state index is -4.15. The van der Waals surface area contributed by atoms with Crippen molar-refractivity contribution in [3.05, 3.63) is 29.3 Å². The highest BCUT2D eigenvalue weighted by Gasteiger charge is 2.11. The Hall–Kier alpha value is -0.300. The van der Waals surface area contributed by atoms with Crippen LogP contribution in [0.1, 0.15) is 0 Å². The number of nitrogens with zero attached hydrogens (tertiary/aromatic N) is 1. The first-order valence-corrected chi connectivity index (χ1v) is 8.21. The van der Waals surface area contributed by atoms with Crippen molar-refractivity contribution >= 4 is 41.2 Å². The third-order valence-corrected chi connectivity index (χ3v) is 5.24. The molecule has 84 valence electrons. The van der Waals surface area contributed by atoms with Gasteiger partial charge in [-0.25, -0.2) is 4.21 Å². The molecule has 1 aromatic carbocycles. The molecule has 1 aromatic rings. The lowest BCUT2D eigenvalue weighted by Gasteiger charge is -2.02. The van der Waals surface area contributed by atoms with Gasteiger partial charge in [0.2, 0.25) is 0 Å². The molecule has 0 heterocycles. The van der Waals surface area contributed by atoms with Gasteiger partial charge >= 0.3 is 9.24 Å². The first kappa shape index (κ1) is 12.8. The Morgan fingerprint density at radius 1 is 1.13 bits per heavy atom. The van der Waals surface area contributed by atoms with E-state index in [1.807, 2.05) is 0 Å². The number of hydrogen-bond donors (Lipinski definition) is 0. The molecule has 0 saturated heterocycles. The molecule has 0 aromatic heterocycles. The second-order valence-electron chi connectivity index (χ2n) is 2.74. The molecule has 0 bridgehead atoms. The van der Waals surface area contributed by atoms with E-state index < -0.39 is 19.0 Å². The van der Waals surface area contributed by atoms with Gasteiger partial charge < -0.3 is 0 Å². The molecule has 0 radical (unpaired) electrons. The lowest BCUT2D eigenvalue weighted by Crippen LogP contribution is -1.99. The summed E-state index contributed by atoms with van der Waals surface area (Å²) in [6.07, 6.45) is 1.19. The second kappa shape index (κ2) is 4.29. The number of rotatable bonds is 2. The summed E-state index contributed by atoms with van der Waals surface area (Å²) in [5.74, 6) is 0. The Morgan fingerprint density at radius 2 is 1.60 bits per heavy atom. The van der Waals surface area contributed by atoms with Gasteiger partial charge in [-0.3, -0.25) is 0 Å². The van der Waals surface area contributed by atoms with Crippen molar-refractivity contribution in [3.63, 3.8) is 0 Å². The zero-order valence-electron chi connectivity index (χ0n) is 7.55. The van der Waals surface area contributed by atoms with Crippen molar-refractivity contribution in [2.24, 2.45) is 3.77 Å². The summed E-state index contributed by atoms with van der Waals surface area (Å²) in [5.41, 5.74) is 0. The van der Waals surface area contributed by atoms with Crippen LogP contribution in [0.15, 0.2) is 32.9 Å². The van der Waals surface area contributed by atoms with E-state index >= 15 is 0 Å². The van der Waals surface area contributed by atoms with E-state index in [0.717, 1.165) is 0 Å². The van der Waals surface area contributed by atoms with Crippen molar-refractivity contribution in [2.75, 3.05) is 6.26 Å². The van der Waals surface area contributed by atoms with Gasteiger partial charge in [0.15, 0.2) is 0 Å². The predicted octanol–water partition coefficient (Wildman–Crippen LogP) is 2.28. The van der Waals surface area contributed by atoms with Crippen LogP contribution < -0.4 is 0 Å². The Kier molecular flexibility index (Phi) is 3.65. The highest BCUT2D eigenvalue weighted by molar-refractivity contribution is 8.17. The Labute approximate surface area is 97.9 Å². The average Bonchev–Trinajstić information content (AvgIpc) is 2.00. The molecule has 0 saturated carbocycles. The minimum Gasteiger partial charge on any atom is -0.244 e. The Morgan fingerprint density at radius 3 is 2.00 bits per heavy atom. The number of hydrogen-bond acceptors (Lipinski definition) is 3. The van der Waals surface area contributed by atoms with Gasteiger partial charge in [0.1, 0.15) is 0 Å². The van der Waals surface area contributed by atoms with Crippen LogP contribution in [0.3, 0.4) is 0 Å². The SMILES string of the molecule is CS(=O)(=NS(=O)(=O)Cl)c1ccc(Cl)cc1. The molecule has 1 unspecified atom stereocenters. The third kappa shape index (κ3) is 3.98. The van der Waals surface area contributed by atoms with E-state index in [9.17, 15) is 12.6 Å². The van der Waals surface area contributed by atoms with E-state index in [2.05, 4.69) is 3.77 Å². The van der Waals surface area contributed by atoms with E-state index in [-0.39, 0.29) is 4.90 Å². The van der Waals surface area contributed by atoms with Crippen LogP contribution >= 0.6 is 22.3 Å². The Balaban J connectivity index is 3.36. The van der Waals surface area contributed by atoms with Gasteiger partial charge in [-0.2, -0.15) is 8.42 Å². The fraction of sp³-hybridized carbons (Fsp3) is 0.143. The van der Waals surface area contributed by atoms with Crippen LogP contribution in [0.25, 0.3) is 0 Å². The molecule has 1 atom stereocenters. The summed E-state index contributed by atoms with van der Waals surface area (Å²) in [5, 5.41) is 0.461. The molecule has 0 aliphatic rings. The largest absolute Gasteiger partial charge is 0.347 e. The van der Waals surface area contributed by atoms with Crippen LogP contribution in [0.4, 0.5) is 0 Å². The second-order valence-corrected chi connectivity index (χ2v) is 7.85. The molecule has 8 heteroatoms. The van der Waals surface area contributed by atoms with Gasteiger partial charge in [0.25, 0.3) is 0 Å². The maximum atomic E-state index is 11.8. The topological polar surface area (TPSA) is 63.6 Å². The molecule has 0 fully saturated rings. The summed E-state index contributed by atoms with van der Waals surface area (Å²) in [7, 11) is -2.29. The van der Waals surface area contributed by atoms with Crippen molar-refractivity contribution in [2.45, 2.75) is 4.90 Å². The van der Waals surface area contributed by atoms with Crippen LogP contribution in [0.5, 0.6) is 0 Å². The maximum Gasteiger partial charge on any atom is 0.347 e. The van der Waals surface area contributed by atoms with E-state index in [0.29, 0.717) is 5.02 Å². The molecule has 0 N–H and O–H groups in total. The van der Waals surface area contributed by atoms with Crippen LogP contribution in [0, 0.1) is 0 Å². The van der Waals surface area contributed by atoms with Gasteiger partial charge in [0, 0.05) is 26.9 Å². The minimum absolute atomic E-state index is 0.260.